The molecule has 2 unspecified atom stereocenters. The molecule has 1 aromatic carbocycles. The normalized spacial score (nSPS) is 25.1. The highest BCUT2D eigenvalue weighted by molar-refractivity contribution is 6.04. The van der Waals surface area contributed by atoms with E-state index >= 15 is 0 Å². The number of hydrogen-bond acceptors (Lipinski definition) is 5. The van der Waals surface area contributed by atoms with Gasteiger partial charge in [-0.3, -0.25) is 4.79 Å². The van der Waals surface area contributed by atoms with Crippen molar-refractivity contribution in [1.29, 1.82) is 0 Å². The van der Waals surface area contributed by atoms with Crippen molar-refractivity contribution in [3.63, 3.8) is 0 Å². The van der Waals surface area contributed by atoms with Crippen LogP contribution in [-0.2, 0) is 25.2 Å². The molecule has 1 aliphatic carbocycles. The van der Waals surface area contributed by atoms with Gasteiger partial charge in [0.1, 0.15) is 6.61 Å². The lowest BCUT2D eigenvalue weighted by Crippen LogP contribution is -2.39. The number of alkyl halides is 3. The van der Waals surface area contributed by atoms with Crippen LogP contribution in [0.1, 0.15) is 63.5 Å². The molecule has 2 atom stereocenters. The summed E-state index contributed by atoms with van der Waals surface area (Å²) in [6.45, 7) is 6.32. The van der Waals surface area contributed by atoms with E-state index in [9.17, 15) is 22.8 Å². The van der Waals surface area contributed by atoms with Crippen LogP contribution in [0.5, 0.6) is 0 Å². The van der Waals surface area contributed by atoms with Crippen LogP contribution in [-0.4, -0.2) is 31.1 Å². The quantitative estimate of drug-likeness (QED) is 0.635. The summed E-state index contributed by atoms with van der Waals surface area (Å²) in [6, 6.07) is 4.85. The molecule has 0 bridgehead atoms. The minimum Gasteiger partial charge on any atom is -0.459 e. The van der Waals surface area contributed by atoms with Crippen molar-refractivity contribution in [2.45, 2.75) is 64.7 Å². The van der Waals surface area contributed by atoms with Gasteiger partial charge in [0, 0.05) is 35.9 Å². The maximum Gasteiger partial charge on any atom is 0.416 e. The van der Waals surface area contributed by atoms with Crippen molar-refractivity contribution >= 4 is 11.8 Å². The van der Waals surface area contributed by atoms with Gasteiger partial charge in [-0.1, -0.05) is 32.0 Å². The molecule has 5 nitrogen and oxygen atoms in total. The van der Waals surface area contributed by atoms with Crippen LogP contribution >= 0.6 is 0 Å². The maximum absolute atomic E-state index is 13.5. The van der Waals surface area contributed by atoms with Crippen LogP contribution in [0, 0.1) is 5.41 Å². The summed E-state index contributed by atoms with van der Waals surface area (Å²) in [4.78, 5) is 26.4. The van der Waals surface area contributed by atoms with Gasteiger partial charge in [-0.25, -0.2) is 4.79 Å². The van der Waals surface area contributed by atoms with Gasteiger partial charge in [0.15, 0.2) is 5.78 Å². The molecule has 0 radical (unpaired) electrons. The van der Waals surface area contributed by atoms with Gasteiger partial charge in [0.05, 0.1) is 17.2 Å². The molecule has 0 aromatic heterocycles. The second-order valence-corrected chi connectivity index (χ2v) is 9.79. The molecule has 33 heavy (non-hydrogen) atoms. The summed E-state index contributed by atoms with van der Waals surface area (Å²) in [7, 11) is 0. The van der Waals surface area contributed by atoms with Crippen LogP contribution in [0.3, 0.4) is 0 Å². The molecular formula is C25H28F3NO4. The van der Waals surface area contributed by atoms with Gasteiger partial charge >= 0.3 is 12.1 Å². The third-order valence-electron chi connectivity index (χ3n) is 6.43. The molecular weight excluding hydrogens is 435 g/mol. The standard InChI is InChI=1S/C25H28F3NO4/c1-14-20(23(31)33-13-17-8-5-9-32-17)21(15-6-4-7-16(10-15)25(26,27)28)22-18(29-14)11-24(2,3)12-19(22)30/h4,6-7,10,17,21,29H,5,8-9,11-13H2,1-3H3. The highest BCUT2D eigenvalue weighted by Gasteiger charge is 2.44. The van der Waals surface area contributed by atoms with Crippen LogP contribution in [0.4, 0.5) is 13.2 Å². The largest absolute Gasteiger partial charge is 0.459 e. The van der Waals surface area contributed by atoms with E-state index in [4.69, 9.17) is 9.47 Å². The lowest BCUT2D eigenvalue weighted by molar-refractivity contribution is -0.142. The Balaban J connectivity index is 1.76. The van der Waals surface area contributed by atoms with Gasteiger partial charge in [0.2, 0.25) is 0 Å². The lowest BCUT2D eigenvalue weighted by Gasteiger charge is -2.39. The number of Topliss-reactive ketones (excluding diaryl/α,β-unsaturated/α-hetero) is 1. The zero-order valence-corrected chi connectivity index (χ0v) is 19.0. The van der Waals surface area contributed by atoms with Crippen molar-refractivity contribution in [1.82, 2.24) is 5.32 Å². The van der Waals surface area contributed by atoms with Crippen molar-refractivity contribution in [2.24, 2.45) is 5.41 Å². The third kappa shape index (κ3) is 4.86. The van der Waals surface area contributed by atoms with Crippen LogP contribution in [0.25, 0.3) is 0 Å². The number of carbonyl (C=O) groups excluding carboxylic acids is 2. The first-order chi connectivity index (χ1) is 15.5. The number of rotatable bonds is 4. The fourth-order valence-corrected chi connectivity index (χ4v) is 4.96. The average molecular weight is 463 g/mol. The van der Waals surface area contributed by atoms with Crippen LogP contribution in [0.2, 0.25) is 0 Å². The van der Waals surface area contributed by atoms with Crippen molar-refractivity contribution in [3.05, 3.63) is 57.9 Å². The minimum absolute atomic E-state index is 0.0673. The number of carbonyl (C=O) groups is 2. The predicted octanol–water partition coefficient (Wildman–Crippen LogP) is 5.03. The van der Waals surface area contributed by atoms with Gasteiger partial charge in [-0.2, -0.15) is 13.2 Å². The highest BCUT2D eigenvalue weighted by Crippen LogP contribution is 2.47. The van der Waals surface area contributed by atoms with E-state index in [1.807, 2.05) is 13.8 Å². The fourth-order valence-electron chi connectivity index (χ4n) is 4.96. The second-order valence-electron chi connectivity index (χ2n) is 9.79. The molecule has 0 amide bonds. The Morgan fingerprint density at radius 3 is 2.70 bits per heavy atom. The maximum atomic E-state index is 13.5. The number of ether oxygens (including phenoxy) is 2. The molecule has 0 saturated carbocycles. The summed E-state index contributed by atoms with van der Waals surface area (Å²) in [5.74, 6) is -1.75. The van der Waals surface area contributed by atoms with Gasteiger partial charge in [-0.05, 0) is 43.2 Å². The third-order valence-corrected chi connectivity index (χ3v) is 6.43. The van der Waals surface area contributed by atoms with Crippen molar-refractivity contribution < 1.29 is 32.2 Å². The molecule has 4 rings (SSSR count). The number of hydrogen-bond donors (Lipinski definition) is 1. The van der Waals surface area contributed by atoms with Gasteiger partial charge < -0.3 is 14.8 Å². The van der Waals surface area contributed by atoms with E-state index in [0.29, 0.717) is 30.0 Å². The highest BCUT2D eigenvalue weighted by atomic mass is 19.4. The number of esters is 1. The van der Waals surface area contributed by atoms with Gasteiger partial charge in [-0.15, -0.1) is 0 Å². The Labute approximate surface area is 191 Å². The molecule has 2 aliphatic heterocycles. The minimum atomic E-state index is -4.54. The van der Waals surface area contributed by atoms with E-state index in [0.717, 1.165) is 25.0 Å². The average Bonchev–Trinajstić information content (AvgIpc) is 3.23. The van der Waals surface area contributed by atoms with Crippen LogP contribution in [0.15, 0.2) is 46.8 Å². The molecule has 1 saturated heterocycles. The lowest BCUT2D eigenvalue weighted by atomic mass is 9.68. The Morgan fingerprint density at radius 2 is 2.03 bits per heavy atom. The van der Waals surface area contributed by atoms with Crippen molar-refractivity contribution in [3.8, 4) is 0 Å². The van der Waals surface area contributed by atoms with Crippen molar-refractivity contribution in [2.75, 3.05) is 13.2 Å². The van der Waals surface area contributed by atoms with E-state index in [-0.39, 0.29) is 41.5 Å². The first-order valence-electron chi connectivity index (χ1n) is 11.2. The smallest absolute Gasteiger partial charge is 0.416 e. The second kappa shape index (κ2) is 8.63. The molecule has 1 fully saturated rings. The Hall–Kier alpha value is -2.61. The molecule has 0 spiro atoms. The summed E-state index contributed by atoms with van der Waals surface area (Å²) in [5, 5.41) is 3.19. The number of ketones is 1. The number of nitrogens with one attached hydrogen (secondary N) is 1. The topological polar surface area (TPSA) is 64.6 Å². The van der Waals surface area contributed by atoms with Gasteiger partial charge in [0.25, 0.3) is 0 Å². The summed E-state index contributed by atoms with van der Waals surface area (Å²) in [5.41, 5.74) is 0.789. The first-order valence-corrected chi connectivity index (χ1v) is 11.2. The summed E-state index contributed by atoms with van der Waals surface area (Å²) < 4.78 is 51.4. The van der Waals surface area contributed by atoms with E-state index in [1.54, 1.807) is 6.92 Å². The van der Waals surface area contributed by atoms with E-state index in [2.05, 4.69) is 5.32 Å². The Morgan fingerprint density at radius 1 is 1.27 bits per heavy atom. The zero-order chi connectivity index (χ0) is 24.0. The fraction of sp³-hybridized carbons (Fsp3) is 0.520. The van der Waals surface area contributed by atoms with Crippen LogP contribution < -0.4 is 5.32 Å². The summed E-state index contributed by atoms with van der Waals surface area (Å²) >= 11 is 0. The molecule has 178 valence electrons. The monoisotopic (exact) mass is 463 g/mol. The van der Waals surface area contributed by atoms with E-state index in [1.165, 1.54) is 12.1 Å². The number of allylic oxidation sites excluding steroid dienone is 3. The predicted molar refractivity (Wildman–Crippen MR) is 115 cm³/mol. The molecule has 1 N–H and O–H groups in total. The van der Waals surface area contributed by atoms with E-state index < -0.39 is 23.6 Å². The SMILES string of the molecule is CC1=C(C(=O)OCC2CCCO2)C(c2cccc(C(F)(F)F)c2)C2=C(CC(C)(C)CC2=O)N1. The Kier molecular flexibility index (Phi) is 6.16. The number of benzene rings is 1. The Bertz CT molecular complexity index is 1030. The molecule has 3 aliphatic rings. The zero-order valence-electron chi connectivity index (χ0n) is 19.0. The number of dihydropyridines is 1. The first kappa shape index (κ1) is 23.5. The molecule has 2 heterocycles. The number of halogens is 3. The molecule has 1 aromatic rings. The summed E-state index contributed by atoms with van der Waals surface area (Å²) in [6.07, 6.45) is -2.26. The molecule has 8 heteroatoms.